The Hall–Kier alpha value is -2.94. The van der Waals surface area contributed by atoms with Crippen LogP contribution in [-0.4, -0.2) is 16.5 Å². The van der Waals surface area contributed by atoms with E-state index in [1.54, 1.807) is 24.5 Å². The fourth-order valence-corrected chi connectivity index (χ4v) is 2.97. The molecule has 0 spiro atoms. The van der Waals surface area contributed by atoms with E-state index in [1.807, 2.05) is 18.2 Å². The highest BCUT2D eigenvalue weighted by atomic mass is 16.6. The first kappa shape index (κ1) is 14.0. The minimum atomic E-state index is -0.419. The van der Waals surface area contributed by atoms with Gasteiger partial charge in [0.05, 0.1) is 22.6 Å². The predicted octanol–water partition coefficient (Wildman–Crippen LogP) is 3.20. The van der Waals surface area contributed by atoms with Gasteiger partial charge in [0.2, 0.25) is 0 Å². The Morgan fingerprint density at radius 1 is 1.32 bits per heavy atom. The van der Waals surface area contributed by atoms with Crippen molar-refractivity contribution in [2.75, 3.05) is 11.4 Å². The average Bonchev–Trinajstić information content (AvgIpc) is 3.04. The molecule has 1 saturated heterocycles. The summed E-state index contributed by atoms with van der Waals surface area (Å²) in [6.45, 7) is 0.764. The van der Waals surface area contributed by atoms with Gasteiger partial charge in [-0.1, -0.05) is 0 Å². The molecule has 1 aliphatic heterocycles. The molecule has 2 heterocycles. The minimum absolute atomic E-state index is 0.0139. The van der Waals surface area contributed by atoms with Crippen LogP contribution in [0.3, 0.4) is 0 Å². The van der Waals surface area contributed by atoms with Crippen molar-refractivity contribution in [1.82, 2.24) is 4.98 Å². The molecule has 1 aliphatic rings. The number of nitro benzene ring substituents is 1. The molecule has 22 heavy (non-hydrogen) atoms. The van der Waals surface area contributed by atoms with Gasteiger partial charge in [0, 0.05) is 25.0 Å². The first-order valence-electron chi connectivity index (χ1n) is 7.06. The highest BCUT2D eigenvalue weighted by Crippen LogP contribution is 2.40. The third-order valence-corrected chi connectivity index (χ3v) is 3.95. The van der Waals surface area contributed by atoms with Gasteiger partial charge >= 0.3 is 0 Å². The van der Waals surface area contributed by atoms with E-state index in [0.717, 1.165) is 24.9 Å². The van der Waals surface area contributed by atoms with E-state index in [9.17, 15) is 10.1 Å². The molecule has 0 aliphatic carbocycles. The number of benzene rings is 1. The Balaban J connectivity index is 2.03. The standard InChI is InChI=1S/C16H14N4O2/c17-11-12-3-4-15(16(10-12)20(21)22)19-9-1-2-14(19)13-5-7-18-8-6-13/h3-8,10,14H,1-2,9H2/t14-/m1/s1. The molecule has 2 aromatic rings. The lowest BCUT2D eigenvalue weighted by Crippen LogP contribution is -2.23. The van der Waals surface area contributed by atoms with Crippen LogP contribution in [-0.2, 0) is 0 Å². The molecule has 1 atom stereocenters. The van der Waals surface area contributed by atoms with E-state index in [2.05, 4.69) is 9.88 Å². The molecule has 0 N–H and O–H groups in total. The zero-order valence-electron chi connectivity index (χ0n) is 11.8. The van der Waals surface area contributed by atoms with Crippen LogP contribution < -0.4 is 4.90 Å². The molecule has 1 fully saturated rings. The lowest BCUT2D eigenvalue weighted by molar-refractivity contribution is -0.384. The van der Waals surface area contributed by atoms with Crippen molar-refractivity contribution < 1.29 is 4.92 Å². The van der Waals surface area contributed by atoms with Gasteiger partial charge in [-0.2, -0.15) is 5.26 Å². The van der Waals surface area contributed by atoms with Gasteiger partial charge in [-0.15, -0.1) is 0 Å². The molecule has 1 aromatic carbocycles. The van der Waals surface area contributed by atoms with Crippen molar-refractivity contribution in [3.05, 3.63) is 64.0 Å². The summed E-state index contributed by atoms with van der Waals surface area (Å²) in [6, 6.07) is 10.6. The topological polar surface area (TPSA) is 83.1 Å². The molecule has 0 bridgehead atoms. The molecule has 6 heteroatoms. The van der Waals surface area contributed by atoms with Crippen molar-refractivity contribution in [3.8, 4) is 6.07 Å². The number of hydrogen-bond acceptors (Lipinski definition) is 5. The maximum atomic E-state index is 11.3. The highest BCUT2D eigenvalue weighted by molar-refractivity contribution is 5.67. The van der Waals surface area contributed by atoms with Gasteiger partial charge in [0.1, 0.15) is 5.69 Å². The normalized spacial score (nSPS) is 17.2. The first-order valence-corrected chi connectivity index (χ1v) is 7.06. The number of rotatable bonds is 3. The van der Waals surface area contributed by atoms with Gasteiger partial charge in [0.15, 0.2) is 0 Å². The number of hydrogen-bond donors (Lipinski definition) is 0. The summed E-state index contributed by atoms with van der Waals surface area (Å²) < 4.78 is 0. The van der Waals surface area contributed by atoms with Crippen molar-refractivity contribution in [2.24, 2.45) is 0 Å². The maximum Gasteiger partial charge on any atom is 0.293 e. The van der Waals surface area contributed by atoms with Gasteiger partial charge in [0.25, 0.3) is 5.69 Å². The number of aromatic nitrogens is 1. The van der Waals surface area contributed by atoms with E-state index < -0.39 is 4.92 Å². The average molecular weight is 294 g/mol. The molecule has 0 saturated carbocycles. The van der Waals surface area contributed by atoms with Crippen LogP contribution >= 0.6 is 0 Å². The van der Waals surface area contributed by atoms with Crippen LogP contribution in [0.1, 0.15) is 30.0 Å². The van der Waals surface area contributed by atoms with Crippen LogP contribution in [0.4, 0.5) is 11.4 Å². The van der Waals surface area contributed by atoms with Gasteiger partial charge in [-0.25, -0.2) is 0 Å². The van der Waals surface area contributed by atoms with Crippen molar-refractivity contribution >= 4 is 11.4 Å². The van der Waals surface area contributed by atoms with Crippen LogP contribution in [0.15, 0.2) is 42.7 Å². The monoisotopic (exact) mass is 294 g/mol. The zero-order chi connectivity index (χ0) is 15.5. The first-order chi connectivity index (χ1) is 10.7. The molecular formula is C16H14N4O2. The largest absolute Gasteiger partial charge is 0.359 e. The summed E-state index contributed by atoms with van der Waals surface area (Å²) >= 11 is 0. The third-order valence-electron chi connectivity index (χ3n) is 3.95. The number of nitrogens with zero attached hydrogens (tertiary/aromatic N) is 4. The summed E-state index contributed by atoms with van der Waals surface area (Å²) in [7, 11) is 0. The Kier molecular flexibility index (Phi) is 3.71. The maximum absolute atomic E-state index is 11.3. The highest BCUT2D eigenvalue weighted by Gasteiger charge is 2.30. The van der Waals surface area contributed by atoms with E-state index >= 15 is 0 Å². The number of nitriles is 1. The number of anilines is 1. The van der Waals surface area contributed by atoms with E-state index in [1.165, 1.54) is 6.07 Å². The summed E-state index contributed by atoms with van der Waals surface area (Å²) in [4.78, 5) is 17.0. The smallest absolute Gasteiger partial charge is 0.293 e. The fraction of sp³-hybridized carbons (Fsp3) is 0.250. The number of pyridine rings is 1. The van der Waals surface area contributed by atoms with E-state index in [4.69, 9.17) is 5.26 Å². The molecular weight excluding hydrogens is 280 g/mol. The summed E-state index contributed by atoms with van der Waals surface area (Å²) in [6.07, 6.45) is 5.39. The van der Waals surface area contributed by atoms with Gasteiger partial charge < -0.3 is 4.90 Å². The van der Waals surface area contributed by atoms with E-state index in [0.29, 0.717) is 11.3 Å². The number of nitro groups is 1. The van der Waals surface area contributed by atoms with Crippen molar-refractivity contribution in [2.45, 2.75) is 18.9 Å². The quantitative estimate of drug-likeness (QED) is 0.641. The molecule has 3 rings (SSSR count). The van der Waals surface area contributed by atoms with Crippen LogP contribution in [0, 0.1) is 21.4 Å². The lowest BCUT2D eigenvalue weighted by atomic mass is 10.1. The predicted molar refractivity (Wildman–Crippen MR) is 81.4 cm³/mol. The molecule has 0 unspecified atom stereocenters. The van der Waals surface area contributed by atoms with Crippen molar-refractivity contribution in [1.29, 1.82) is 5.26 Å². The second-order valence-corrected chi connectivity index (χ2v) is 5.20. The Bertz CT molecular complexity index is 740. The Morgan fingerprint density at radius 3 is 2.77 bits per heavy atom. The molecule has 0 amide bonds. The summed E-state index contributed by atoms with van der Waals surface area (Å²) in [5.74, 6) is 0. The fourth-order valence-electron chi connectivity index (χ4n) is 2.97. The molecule has 1 aromatic heterocycles. The molecule has 6 nitrogen and oxygen atoms in total. The molecule has 110 valence electrons. The molecule has 0 radical (unpaired) electrons. The Morgan fingerprint density at radius 2 is 2.09 bits per heavy atom. The van der Waals surface area contributed by atoms with Gasteiger partial charge in [-0.05, 0) is 42.7 Å². The van der Waals surface area contributed by atoms with Crippen LogP contribution in [0.2, 0.25) is 0 Å². The second-order valence-electron chi connectivity index (χ2n) is 5.20. The van der Waals surface area contributed by atoms with Crippen LogP contribution in [0.5, 0.6) is 0 Å². The SMILES string of the molecule is N#Cc1ccc(N2CCC[C@@H]2c2ccncc2)c([N+](=O)[O-])c1. The van der Waals surface area contributed by atoms with Crippen LogP contribution in [0.25, 0.3) is 0 Å². The van der Waals surface area contributed by atoms with E-state index in [-0.39, 0.29) is 11.7 Å². The lowest BCUT2D eigenvalue weighted by Gasteiger charge is -2.26. The third kappa shape index (κ3) is 2.49. The second kappa shape index (κ2) is 5.82. The summed E-state index contributed by atoms with van der Waals surface area (Å²) in [5.41, 5.74) is 1.96. The van der Waals surface area contributed by atoms with Gasteiger partial charge in [-0.3, -0.25) is 15.1 Å². The summed E-state index contributed by atoms with van der Waals surface area (Å²) in [5, 5.41) is 20.3. The minimum Gasteiger partial charge on any atom is -0.359 e. The Labute approximate surface area is 127 Å². The zero-order valence-corrected chi connectivity index (χ0v) is 11.8. The van der Waals surface area contributed by atoms with Crippen molar-refractivity contribution in [3.63, 3.8) is 0 Å².